The second-order valence-corrected chi connectivity index (χ2v) is 10.9. The predicted octanol–water partition coefficient (Wildman–Crippen LogP) is 6.23. The van der Waals surface area contributed by atoms with E-state index in [0.717, 1.165) is 54.2 Å². The number of benzene rings is 2. The number of likely N-dealkylation sites (N-methyl/N-ethyl adjacent to an activating group) is 1. The van der Waals surface area contributed by atoms with Gasteiger partial charge in [0, 0.05) is 35.4 Å². The molecule has 0 bridgehead atoms. The van der Waals surface area contributed by atoms with Crippen LogP contribution in [0.25, 0.3) is 5.00 Å². The minimum atomic E-state index is -0.264. The number of aromatic nitrogens is 1. The molecular weight excluding hydrogens is 480 g/mol. The molecule has 0 aliphatic carbocycles. The van der Waals surface area contributed by atoms with Crippen LogP contribution in [-0.2, 0) is 25.9 Å². The molecule has 1 atom stereocenters. The number of hydrogen-bond acceptors (Lipinski definition) is 4. The number of carbonyl (C=O) groups excluding carboxylic acids is 1. The van der Waals surface area contributed by atoms with Crippen molar-refractivity contribution in [3.05, 3.63) is 99.7 Å². The highest BCUT2D eigenvalue weighted by molar-refractivity contribution is 7.15. The van der Waals surface area contributed by atoms with Crippen LogP contribution in [0.2, 0.25) is 0 Å². The lowest BCUT2D eigenvalue weighted by Crippen LogP contribution is -2.38. The molecule has 7 heteroatoms. The van der Waals surface area contributed by atoms with Crippen molar-refractivity contribution in [1.82, 2.24) is 14.4 Å². The maximum atomic E-state index is 14.2. The third-order valence-electron chi connectivity index (χ3n) is 7.57. The zero-order valence-electron chi connectivity index (χ0n) is 21.5. The summed E-state index contributed by atoms with van der Waals surface area (Å²) in [6, 6.07) is 20.0. The van der Waals surface area contributed by atoms with Crippen LogP contribution in [0.5, 0.6) is 5.75 Å². The van der Waals surface area contributed by atoms with E-state index in [1.165, 1.54) is 21.0 Å². The smallest absolute Gasteiger partial charge is 0.322 e. The molecule has 0 fully saturated rings. The van der Waals surface area contributed by atoms with Gasteiger partial charge < -0.3 is 24.4 Å². The van der Waals surface area contributed by atoms with Gasteiger partial charge in [-0.2, -0.15) is 0 Å². The third kappa shape index (κ3) is 4.22. The topological polar surface area (TPSA) is 49.7 Å². The second kappa shape index (κ2) is 9.72. The molecule has 0 radical (unpaired) electrons. The lowest BCUT2D eigenvalue weighted by Gasteiger charge is -2.32. The number of ether oxygens (including phenoxy) is 1. The Kier molecular flexibility index (Phi) is 6.26. The Morgan fingerprint density at radius 2 is 1.95 bits per heavy atom. The van der Waals surface area contributed by atoms with Crippen LogP contribution in [0, 0.1) is 0 Å². The van der Waals surface area contributed by atoms with E-state index >= 15 is 0 Å². The van der Waals surface area contributed by atoms with Crippen molar-refractivity contribution in [3.63, 3.8) is 0 Å². The lowest BCUT2D eigenvalue weighted by atomic mass is 10.00. The third-order valence-corrected chi connectivity index (χ3v) is 8.82. The number of rotatable bonds is 4. The average Bonchev–Trinajstić information content (AvgIpc) is 3.50. The number of anilines is 1. The fourth-order valence-corrected chi connectivity index (χ4v) is 7.09. The average molecular weight is 513 g/mol. The van der Waals surface area contributed by atoms with E-state index in [1.807, 2.05) is 52.6 Å². The van der Waals surface area contributed by atoms with Crippen molar-refractivity contribution >= 4 is 23.1 Å². The number of methoxy groups -OCH3 is 1. The van der Waals surface area contributed by atoms with Crippen LogP contribution in [0.3, 0.4) is 0 Å². The summed E-state index contributed by atoms with van der Waals surface area (Å²) in [6.45, 7) is 4.65. The van der Waals surface area contributed by atoms with Crippen molar-refractivity contribution in [2.75, 3.05) is 26.0 Å². The van der Waals surface area contributed by atoms with E-state index in [1.54, 1.807) is 7.11 Å². The number of urea groups is 1. The number of hydrogen-bond donors (Lipinski definition) is 1. The van der Waals surface area contributed by atoms with Gasteiger partial charge in [0.15, 0.2) is 0 Å². The van der Waals surface area contributed by atoms with Gasteiger partial charge in [0.2, 0.25) is 0 Å². The van der Waals surface area contributed by atoms with Gasteiger partial charge in [-0.25, -0.2) is 4.79 Å². The summed E-state index contributed by atoms with van der Waals surface area (Å²) in [6.07, 6.45) is 4.00. The monoisotopic (exact) mass is 512 g/mol. The minimum Gasteiger partial charge on any atom is -0.497 e. The molecule has 6 rings (SSSR count). The molecule has 2 aliphatic rings. The van der Waals surface area contributed by atoms with Crippen LogP contribution in [0.4, 0.5) is 10.5 Å². The first-order valence-electron chi connectivity index (χ1n) is 12.9. The molecule has 2 amide bonds. The highest BCUT2D eigenvalue weighted by atomic mass is 32.1. The summed E-state index contributed by atoms with van der Waals surface area (Å²) in [5.41, 5.74) is 6.79. The summed E-state index contributed by atoms with van der Waals surface area (Å²) in [5.74, 6) is 0.784. The minimum absolute atomic E-state index is 0.0952. The van der Waals surface area contributed by atoms with Crippen LogP contribution >= 0.6 is 11.3 Å². The van der Waals surface area contributed by atoms with Gasteiger partial charge in [-0.1, -0.05) is 37.3 Å². The zero-order valence-corrected chi connectivity index (χ0v) is 22.3. The molecular formula is C30H32N4O2S. The second-order valence-electron chi connectivity index (χ2n) is 9.83. The van der Waals surface area contributed by atoms with E-state index in [0.29, 0.717) is 6.54 Å². The van der Waals surface area contributed by atoms with E-state index in [2.05, 4.69) is 59.2 Å². The van der Waals surface area contributed by atoms with Gasteiger partial charge in [0.05, 0.1) is 25.4 Å². The molecule has 1 N–H and O–H groups in total. The van der Waals surface area contributed by atoms with E-state index in [9.17, 15) is 4.79 Å². The molecule has 4 aromatic rings. The Balaban J connectivity index is 1.50. The Morgan fingerprint density at radius 3 is 2.78 bits per heavy atom. The van der Waals surface area contributed by atoms with E-state index < -0.39 is 0 Å². The van der Waals surface area contributed by atoms with Crippen LogP contribution in [0.15, 0.2) is 66.9 Å². The molecule has 0 saturated heterocycles. The first kappa shape index (κ1) is 23.8. The number of nitrogens with zero attached hydrogens (tertiary/aromatic N) is 3. The standard InChI is InChI=1S/C30H32N4O2S/c1-4-20-9-5-6-12-25(20)31-30(35)34-18-24-23-14-16-32(2)19-27(23)37-29(24)33-15-8-13-26(33)28(34)21-10-7-11-22(17-21)36-3/h5-13,15,17,28H,4,14,16,18-19H2,1-3H3,(H,31,35). The largest absolute Gasteiger partial charge is 0.497 e. The molecule has 2 aromatic heterocycles. The maximum Gasteiger partial charge on any atom is 0.322 e. The Morgan fingerprint density at radius 1 is 1.08 bits per heavy atom. The van der Waals surface area contributed by atoms with Crippen molar-refractivity contribution in [2.45, 2.75) is 38.9 Å². The summed E-state index contributed by atoms with van der Waals surface area (Å²) >= 11 is 1.87. The molecule has 2 aliphatic heterocycles. The number of thiophene rings is 1. The fourth-order valence-electron chi connectivity index (χ4n) is 5.65. The van der Waals surface area contributed by atoms with E-state index in [-0.39, 0.29) is 12.1 Å². The number of amides is 2. The highest BCUT2D eigenvalue weighted by Crippen LogP contribution is 2.44. The predicted molar refractivity (Wildman–Crippen MR) is 149 cm³/mol. The Bertz CT molecular complexity index is 1460. The van der Waals surface area contributed by atoms with Crippen LogP contribution < -0.4 is 10.1 Å². The number of para-hydroxylation sites is 1. The van der Waals surface area contributed by atoms with Gasteiger partial charge in [0.1, 0.15) is 10.8 Å². The normalized spacial score (nSPS) is 16.9. The molecule has 6 nitrogen and oxygen atoms in total. The van der Waals surface area contributed by atoms with Gasteiger partial charge in [0.25, 0.3) is 0 Å². The van der Waals surface area contributed by atoms with Crippen molar-refractivity contribution in [2.24, 2.45) is 0 Å². The molecule has 0 saturated carbocycles. The molecule has 2 aromatic carbocycles. The van der Waals surface area contributed by atoms with Gasteiger partial charge in [-0.05, 0) is 66.9 Å². The number of fused-ring (bicyclic) bond motifs is 5. The Hall–Kier alpha value is -3.55. The van der Waals surface area contributed by atoms with Gasteiger partial charge in [-0.3, -0.25) is 0 Å². The lowest BCUT2D eigenvalue weighted by molar-refractivity contribution is 0.194. The molecule has 4 heterocycles. The van der Waals surface area contributed by atoms with Crippen LogP contribution in [-0.4, -0.2) is 41.1 Å². The Labute approximate surface area is 222 Å². The fraction of sp³-hybridized carbons (Fsp3) is 0.300. The highest BCUT2D eigenvalue weighted by Gasteiger charge is 2.36. The van der Waals surface area contributed by atoms with Crippen molar-refractivity contribution in [3.8, 4) is 10.8 Å². The van der Waals surface area contributed by atoms with Crippen LogP contribution in [0.1, 0.15) is 45.8 Å². The molecule has 190 valence electrons. The van der Waals surface area contributed by atoms with Gasteiger partial charge in [-0.15, -0.1) is 11.3 Å². The van der Waals surface area contributed by atoms with Gasteiger partial charge >= 0.3 is 6.03 Å². The number of aryl methyl sites for hydroxylation is 1. The maximum absolute atomic E-state index is 14.2. The quantitative estimate of drug-likeness (QED) is 0.352. The summed E-state index contributed by atoms with van der Waals surface area (Å²) in [4.78, 5) is 20.0. The summed E-state index contributed by atoms with van der Waals surface area (Å²) < 4.78 is 7.87. The van der Waals surface area contributed by atoms with E-state index in [4.69, 9.17) is 4.74 Å². The summed E-state index contributed by atoms with van der Waals surface area (Å²) in [7, 11) is 3.86. The SMILES string of the molecule is CCc1ccccc1NC(=O)N1Cc2c(sc3c2CCN(C)C3)-n2cccc2C1c1cccc(OC)c1. The van der Waals surface area contributed by atoms with Crippen molar-refractivity contribution in [1.29, 1.82) is 0 Å². The first-order chi connectivity index (χ1) is 18.1. The van der Waals surface area contributed by atoms with Crippen molar-refractivity contribution < 1.29 is 9.53 Å². The number of nitrogens with one attached hydrogen (secondary N) is 1. The molecule has 37 heavy (non-hydrogen) atoms. The zero-order chi connectivity index (χ0) is 25.5. The number of carbonyl (C=O) groups is 1. The molecule has 0 spiro atoms. The molecule has 1 unspecified atom stereocenters. The summed E-state index contributed by atoms with van der Waals surface area (Å²) in [5, 5.41) is 4.50. The first-order valence-corrected chi connectivity index (χ1v) is 13.7.